The van der Waals surface area contributed by atoms with Gasteiger partial charge in [-0.15, -0.1) is 0 Å². The molecule has 0 saturated carbocycles. The first-order valence-electron chi connectivity index (χ1n) is 9.79. The summed E-state index contributed by atoms with van der Waals surface area (Å²) >= 11 is 0. The van der Waals surface area contributed by atoms with Crippen molar-refractivity contribution in [3.05, 3.63) is 59.7 Å². The number of unbranched alkanes of at least 4 members (excludes halogenated alkanes) is 2. The third-order valence-electron chi connectivity index (χ3n) is 4.30. The molecule has 0 unspecified atom stereocenters. The van der Waals surface area contributed by atoms with Crippen molar-refractivity contribution < 1.29 is 19.1 Å². The summed E-state index contributed by atoms with van der Waals surface area (Å²) in [6.07, 6.45) is 3.00. The van der Waals surface area contributed by atoms with Crippen molar-refractivity contribution >= 4 is 17.6 Å². The molecule has 0 spiro atoms. The highest BCUT2D eigenvalue weighted by Gasteiger charge is 2.08. The number of rotatable bonds is 10. The summed E-state index contributed by atoms with van der Waals surface area (Å²) in [7, 11) is 0. The summed E-state index contributed by atoms with van der Waals surface area (Å²) in [5.74, 6) is 0.500. The van der Waals surface area contributed by atoms with E-state index in [0.717, 1.165) is 19.3 Å². The van der Waals surface area contributed by atoms with Gasteiger partial charge in [-0.1, -0.05) is 45.7 Å². The van der Waals surface area contributed by atoms with E-state index in [2.05, 4.69) is 26.1 Å². The van der Waals surface area contributed by atoms with Crippen LogP contribution in [0.2, 0.25) is 0 Å². The second-order valence-electron chi connectivity index (χ2n) is 6.98. The SMILES string of the molecule is CCCCCOC(=O)c1ccc(NC(=O)COc2ccc(C(C)C)cc2)cc1. The average molecular weight is 383 g/mol. The number of amides is 1. The Morgan fingerprint density at radius 2 is 1.64 bits per heavy atom. The van der Waals surface area contributed by atoms with E-state index >= 15 is 0 Å². The molecule has 0 fully saturated rings. The molecule has 2 aromatic carbocycles. The molecule has 150 valence electrons. The lowest BCUT2D eigenvalue weighted by atomic mass is 10.0. The Hall–Kier alpha value is -2.82. The van der Waals surface area contributed by atoms with Gasteiger partial charge >= 0.3 is 5.97 Å². The monoisotopic (exact) mass is 383 g/mol. The number of hydrogen-bond acceptors (Lipinski definition) is 4. The minimum atomic E-state index is -0.345. The van der Waals surface area contributed by atoms with Crippen molar-refractivity contribution in [2.75, 3.05) is 18.5 Å². The van der Waals surface area contributed by atoms with Gasteiger partial charge in [-0.3, -0.25) is 4.79 Å². The van der Waals surface area contributed by atoms with Crippen molar-refractivity contribution in [2.24, 2.45) is 0 Å². The van der Waals surface area contributed by atoms with Crippen LogP contribution in [0.3, 0.4) is 0 Å². The van der Waals surface area contributed by atoms with Crippen LogP contribution < -0.4 is 10.1 Å². The third-order valence-corrected chi connectivity index (χ3v) is 4.30. The Morgan fingerprint density at radius 3 is 2.25 bits per heavy atom. The molecule has 0 saturated heterocycles. The van der Waals surface area contributed by atoms with Crippen LogP contribution in [-0.2, 0) is 9.53 Å². The van der Waals surface area contributed by atoms with Crippen LogP contribution in [0.25, 0.3) is 0 Å². The highest BCUT2D eigenvalue weighted by Crippen LogP contribution is 2.18. The Balaban J connectivity index is 1.78. The predicted molar refractivity (Wildman–Crippen MR) is 111 cm³/mol. The van der Waals surface area contributed by atoms with Gasteiger partial charge in [0.1, 0.15) is 5.75 Å². The maximum atomic E-state index is 12.1. The number of carbonyl (C=O) groups is 2. The molecule has 0 bridgehead atoms. The lowest BCUT2D eigenvalue weighted by Gasteiger charge is -2.10. The Bertz CT molecular complexity index is 751. The first-order valence-corrected chi connectivity index (χ1v) is 9.79. The largest absolute Gasteiger partial charge is 0.484 e. The summed E-state index contributed by atoms with van der Waals surface area (Å²) in [5.41, 5.74) is 2.29. The summed E-state index contributed by atoms with van der Waals surface area (Å²) in [6, 6.07) is 14.4. The lowest BCUT2D eigenvalue weighted by molar-refractivity contribution is -0.118. The molecule has 5 heteroatoms. The number of ether oxygens (including phenoxy) is 2. The van der Waals surface area contributed by atoms with Gasteiger partial charge in [0.05, 0.1) is 12.2 Å². The van der Waals surface area contributed by atoms with Crippen LogP contribution in [0.4, 0.5) is 5.69 Å². The molecule has 0 aliphatic carbocycles. The quantitative estimate of drug-likeness (QED) is 0.454. The fourth-order valence-electron chi connectivity index (χ4n) is 2.58. The Labute approximate surface area is 167 Å². The van der Waals surface area contributed by atoms with Crippen molar-refractivity contribution in [3.63, 3.8) is 0 Å². The number of anilines is 1. The highest BCUT2D eigenvalue weighted by atomic mass is 16.5. The zero-order valence-corrected chi connectivity index (χ0v) is 16.9. The van der Waals surface area contributed by atoms with Crippen molar-refractivity contribution in [2.45, 2.75) is 46.0 Å². The highest BCUT2D eigenvalue weighted by molar-refractivity contribution is 5.93. The molecular weight excluding hydrogens is 354 g/mol. The first kappa shape index (κ1) is 21.5. The molecular formula is C23H29NO4. The van der Waals surface area contributed by atoms with Gasteiger partial charge in [0, 0.05) is 5.69 Å². The molecule has 0 heterocycles. The molecule has 1 N–H and O–H groups in total. The van der Waals surface area contributed by atoms with Crippen LogP contribution in [0.5, 0.6) is 5.75 Å². The first-order chi connectivity index (χ1) is 13.5. The molecule has 0 aliphatic rings. The van der Waals surface area contributed by atoms with E-state index in [9.17, 15) is 9.59 Å². The Kier molecular flexibility index (Phi) is 8.53. The van der Waals surface area contributed by atoms with Crippen LogP contribution >= 0.6 is 0 Å². The fourth-order valence-corrected chi connectivity index (χ4v) is 2.58. The Morgan fingerprint density at radius 1 is 0.964 bits per heavy atom. The number of carbonyl (C=O) groups excluding carboxylic acids is 2. The smallest absolute Gasteiger partial charge is 0.338 e. The molecule has 0 radical (unpaired) electrons. The van der Waals surface area contributed by atoms with E-state index in [4.69, 9.17) is 9.47 Å². The molecule has 0 atom stereocenters. The predicted octanol–water partition coefficient (Wildman–Crippen LogP) is 5.17. The summed E-state index contributed by atoms with van der Waals surface area (Å²) in [5, 5.41) is 2.75. The van der Waals surface area contributed by atoms with Gasteiger partial charge in [0.2, 0.25) is 0 Å². The standard InChI is InChI=1S/C23H29NO4/c1-4-5-6-15-27-23(26)19-7-11-20(12-8-19)24-22(25)16-28-21-13-9-18(10-14-21)17(2)3/h7-14,17H,4-6,15-16H2,1-3H3,(H,24,25). The normalized spacial score (nSPS) is 10.6. The van der Waals surface area contributed by atoms with E-state index in [1.54, 1.807) is 24.3 Å². The molecule has 5 nitrogen and oxygen atoms in total. The van der Waals surface area contributed by atoms with E-state index in [1.165, 1.54) is 5.56 Å². The second-order valence-corrected chi connectivity index (χ2v) is 6.98. The maximum absolute atomic E-state index is 12.1. The summed E-state index contributed by atoms with van der Waals surface area (Å²) in [4.78, 5) is 24.0. The van der Waals surface area contributed by atoms with Crippen molar-refractivity contribution in [3.8, 4) is 5.75 Å². The van der Waals surface area contributed by atoms with Crippen LogP contribution in [0.1, 0.15) is 61.9 Å². The van der Waals surface area contributed by atoms with Gasteiger partial charge < -0.3 is 14.8 Å². The van der Waals surface area contributed by atoms with Crippen LogP contribution in [0, 0.1) is 0 Å². The molecule has 0 aliphatic heterocycles. The maximum Gasteiger partial charge on any atom is 0.338 e. The summed E-state index contributed by atoms with van der Waals surface area (Å²) < 4.78 is 10.7. The van der Waals surface area contributed by atoms with E-state index in [0.29, 0.717) is 29.5 Å². The average Bonchev–Trinajstić information content (AvgIpc) is 2.70. The molecule has 0 aromatic heterocycles. The lowest BCUT2D eigenvalue weighted by Crippen LogP contribution is -2.20. The third kappa shape index (κ3) is 7.06. The zero-order valence-electron chi connectivity index (χ0n) is 16.9. The van der Waals surface area contributed by atoms with E-state index in [1.807, 2.05) is 24.3 Å². The molecule has 28 heavy (non-hydrogen) atoms. The van der Waals surface area contributed by atoms with Gasteiger partial charge in [-0.05, 0) is 54.3 Å². The van der Waals surface area contributed by atoms with Crippen LogP contribution in [0.15, 0.2) is 48.5 Å². The van der Waals surface area contributed by atoms with Gasteiger partial charge in [0.15, 0.2) is 6.61 Å². The number of benzene rings is 2. The van der Waals surface area contributed by atoms with Gasteiger partial charge in [-0.25, -0.2) is 4.79 Å². The van der Waals surface area contributed by atoms with Gasteiger partial charge in [0.25, 0.3) is 5.91 Å². The van der Waals surface area contributed by atoms with Crippen LogP contribution in [-0.4, -0.2) is 25.1 Å². The molecule has 1 amide bonds. The minimum Gasteiger partial charge on any atom is -0.484 e. The topological polar surface area (TPSA) is 64.6 Å². The second kappa shape index (κ2) is 11.1. The minimum absolute atomic E-state index is 0.0811. The van der Waals surface area contributed by atoms with Gasteiger partial charge in [-0.2, -0.15) is 0 Å². The number of esters is 1. The fraction of sp³-hybridized carbons (Fsp3) is 0.391. The number of hydrogen-bond donors (Lipinski definition) is 1. The van der Waals surface area contributed by atoms with Crippen molar-refractivity contribution in [1.82, 2.24) is 0 Å². The van der Waals surface area contributed by atoms with E-state index in [-0.39, 0.29) is 18.5 Å². The van der Waals surface area contributed by atoms with Crippen molar-refractivity contribution in [1.29, 1.82) is 0 Å². The summed E-state index contributed by atoms with van der Waals surface area (Å²) in [6.45, 7) is 6.70. The molecule has 2 rings (SSSR count). The molecule has 2 aromatic rings. The van der Waals surface area contributed by atoms with E-state index < -0.39 is 0 Å². The zero-order chi connectivity index (χ0) is 20.4. The number of nitrogens with one attached hydrogen (secondary N) is 1.